The second kappa shape index (κ2) is 8.77. The largest absolute Gasteiger partial charge is 0.493 e. The van der Waals surface area contributed by atoms with Crippen LogP contribution in [0.15, 0.2) is 18.2 Å². The summed E-state index contributed by atoms with van der Waals surface area (Å²) in [4.78, 5) is 2.38. The lowest BCUT2D eigenvalue weighted by Crippen LogP contribution is -2.30. The van der Waals surface area contributed by atoms with Crippen molar-refractivity contribution in [3.63, 3.8) is 0 Å². The highest BCUT2D eigenvalue weighted by atomic mass is 16.5. The standard InChI is InChI=1S/C15H26N2O2/c1-4-5-9-17(10-8-16)12-13-6-7-14(18-2)15(11-13)19-3/h6-7,11H,4-5,8-10,12,16H2,1-3H3. The van der Waals surface area contributed by atoms with Crippen molar-refractivity contribution in [2.24, 2.45) is 5.73 Å². The van der Waals surface area contributed by atoms with Crippen LogP contribution in [-0.2, 0) is 6.54 Å². The summed E-state index contributed by atoms with van der Waals surface area (Å²) in [5.74, 6) is 1.55. The number of nitrogens with zero attached hydrogens (tertiary/aromatic N) is 1. The van der Waals surface area contributed by atoms with Gasteiger partial charge in [-0.05, 0) is 30.7 Å². The van der Waals surface area contributed by atoms with Crippen LogP contribution in [0.3, 0.4) is 0 Å². The molecule has 0 spiro atoms. The van der Waals surface area contributed by atoms with Crippen LogP contribution in [-0.4, -0.2) is 38.8 Å². The molecule has 0 aliphatic heterocycles. The van der Waals surface area contributed by atoms with Gasteiger partial charge in [0.1, 0.15) is 0 Å². The minimum atomic E-state index is 0.691. The summed E-state index contributed by atoms with van der Waals surface area (Å²) in [6, 6.07) is 6.07. The number of hydrogen-bond donors (Lipinski definition) is 1. The van der Waals surface area contributed by atoms with Crippen molar-refractivity contribution in [1.82, 2.24) is 4.90 Å². The Kier molecular flexibility index (Phi) is 7.30. The van der Waals surface area contributed by atoms with Crippen molar-refractivity contribution in [2.75, 3.05) is 33.9 Å². The van der Waals surface area contributed by atoms with Gasteiger partial charge >= 0.3 is 0 Å². The first-order chi connectivity index (χ1) is 9.24. The predicted molar refractivity (Wildman–Crippen MR) is 78.8 cm³/mol. The first-order valence-electron chi connectivity index (χ1n) is 6.88. The zero-order chi connectivity index (χ0) is 14.1. The number of methoxy groups -OCH3 is 2. The summed E-state index contributed by atoms with van der Waals surface area (Å²) >= 11 is 0. The van der Waals surface area contributed by atoms with Gasteiger partial charge in [-0.15, -0.1) is 0 Å². The van der Waals surface area contributed by atoms with Crippen LogP contribution in [0.1, 0.15) is 25.3 Å². The van der Waals surface area contributed by atoms with E-state index in [1.54, 1.807) is 14.2 Å². The zero-order valence-electron chi connectivity index (χ0n) is 12.3. The Morgan fingerprint density at radius 2 is 1.84 bits per heavy atom. The minimum Gasteiger partial charge on any atom is -0.493 e. The van der Waals surface area contributed by atoms with Crippen LogP contribution in [0, 0.1) is 0 Å². The second-order valence-electron chi connectivity index (χ2n) is 4.61. The molecule has 0 saturated carbocycles. The number of unbranched alkanes of at least 4 members (excludes halogenated alkanes) is 1. The number of ether oxygens (including phenoxy) is 2. The molecule has 4 heteroatoms. The number of nitrogens with two attached hydrogens (primary N) is 1. The average molecular weight is 266 g/mol. The molecule has 2 N–H and O–H groups in total. The zero-order valence-corrected chi connectivity index (χ0v) is 12.3. The van der Waals surface area contributed by atoms with Gasteiger partial charge in [-0.2, -0.15) is 0 Å². The van der Waals surface area contributed by atoms with Crippen molar-refractivity contribution in [2.45, 2.75) is 26.3 Å². The van der Waals surface area contributed by atoms with E-state index >= 15 is 0 Å². The van der Waals surface area contributed by atoms with Crippen LogP contribution >= 0.6 is 0 Å². The Balaban J connectivity index is 2.72. The third kappa shape index (κ3) is 5.09. The summed E-state index contributed by atoms with van der Waals surface area (Å²) in [6.45, 7) is 5.81. The summed E-state index contributed by atoms with van der Waals surface area (Å²) in [6.07, 6.45) is 2.40. The summed E-state index contributed by atoms with van der Waals surface area (Å²) < 4.78 is 10.6. The topological polar surface area (TPSA) is 47.7 Å². The normalized spacial score (nSPS) is 10.8. The molecule has 0 saturated heterocycles. The van der Waals surface area contributed by atoms with Crippen LogP contribution < -0.4 is 15.2 Å². The smallest absolute Gasteiger partial charge is 0.161 e. The van der Waals surface area contributed by atoms with E-state index in [4.69, 9.17) is 15.2 Å². The van der Waals surface area contributed by atoms with E-state index in [-0.39, 0.29) is 0 Å². The molecule has 1 aromatic rings. The van der Waals surface area contributed by atoms with E-state index < -0.39 is 0 Å². The maximum Gasteiger partial charge on any atom is 0.161 e. The molecule has 0 amide bonds. The van der Waals surface area contributed by atoms with E-state index in [1.165, 1.54) is 18.4 Å². The molecule has 0 atom stereocenters. The highest BCUT2D eigenvalue weighted by molar-refractivity contribution is 5.42. The van der Waals surface area contributed by atoms with Crippen molar-refractivity contribution in [3.05, 3.63) is 23.8 Å². The van der Waals surface area contributed by atoms with Gasteiger partial charge in [0, 0.05) is 19.6 Å². The summed E-state index contributed by atoms with van der Waals surface area (Å²) in [7, 11) is 3.32. The van der Waals surface area contributed by atoms with Gasteiger partial charge in [0.2, 0.25) is 0 Å². The van der Waals surface area contributed by atoms with Gasteiger partial charge in [-0.3, -0.25) is 4.90 Å². The molecule has 0 fully saturated rings. The molecule has 1 aromatic carbocycles. The average Bonchev–Trinajstić information content (AvgIpc) is 2.44. The summed E-state index contributed by atoms with van der Waals surface area (Å²) in [5.41, 5.74) is 6.89. The molecule has 0 aromatic heterocycles. The molecule has 0 radical (unpaired) electrons. The molecule has 0 unspecified atom stereocenters. The number of rotatable bonds is 9. The van der Waals surface area contributed by atoms with E-state index in [2.05, 4.69) is 17.9 Å². The maximum absolute atomic E-state index is 5.67. The molecule has 0 heterocycles. The van der Waals surface area contributed by atoms with E-state index in [0.29, 0.717) is 6.54 Å². The van der Waals surface area contributed by atoms with Gasteiger partial charge < -0.3 is 15.2 Å². The molecule has 0 aliphatic carbocycles. The Morgan fingerprint density at radius 3 is 2.42 bits per heavy atom. The van der Waals surface area contributed by atoms with E-state index in [1.807, 2.05) is 12.1 Å². The molecule has 0 aliphatic rings. The van der Waals surface area contributed by atoms with Gasteiger partial charge in [0.05, 0.1) is 14.2 Å². The second-order valence-corrected chi connectivity index (χ2v) is 4.61. The third-order valence-electron chi connectivity index (χ3n) is 3.13. The maximum atomic E-state index is 5.67. The van der Waals surface area contributed by atoms with Crippen LogP contribution in [0.5, 0.6) is 11.5 Å². The fraction of sp³-hybridized carbons (Fsp3) is 0.600. The fourth-order valence-electron chi connectivity index (χ4n) is 2.07. The van der Waals surface area contributed by atoms with Crippen LogP contribution in [0.4, 0.5) is 0 Å². The lowest BCUT2D eigenvalue weighted by atomic mass is 10.1. The Labute approximate surface area is 116 Å². The van der Waals surface area contributed by atoms with E-state index in [0.717, 1.165) is 31.1 Å². The lowest BCUT2D eigenvalue weighted by Gasteiger charge is -2.22. The highest BCUT2D eigenvalue weighted by Gasteiger charge is 2.08. The number of hydrogen-bond acceptors (Lipinski definition) is 4. The van der Waals surface area contributed by atoms with Crippen molar-refractivity contribution < 1.29 is 9.47 Å². The van der Waals surface area contributed by atoms with E-state index in [9.17, 15) is 0 Å². The van der Waals surface area contributed by atoms with Gasteiger partial charge in [0.15, 0.2) is 11.5 Å². The lowest BCUT2D eigenvalue weighted by molar-refractivity contribution is 0.267. The van der Waals surface area contributed by atoms with Gasteiger partial charge in [-0.1, -0.05) is 19.4 Å². The predicted octanol–water partition coefficient (Wildman–Crippen LogP) is 2.26. The summed E-state index contributed by atoms with van der Waals surface area (Å²) in [5, 5.41) is 0. The van der Waals surface area contributed by atoms with Crippen LogP contribution in [0.25, 0.3) is 0 Å². The van der Waals surface area contributed by atoms with Crippen LogP contribution in [0.2, 0.25) is 0 Å². The Hall–Kier alpha value is -1.26. The number of benzene rings is 1. The quantitative estimate of drug-likeness (QED) is 0.745. The van der Waals surface area contributed by atoms with Crippen molar-refractivity contribution in [3.8, 4) is 11.5 Å². The minimum absolute atomic E-state index is 0.691. The Morgan fingerprint density at radius 1 is 1.11 bits per heavy atom. The molecule has 0 bridgehead atoms. The highest BCUT2D eigenvalue weighted by Crippen LogP contribution is 2.28. The SMILES string of the molecule is CCCCN(CCN)Cc1ccc(OC)c(OC)c1. The molecule has 19 heavy (non-hydrogen) atoms. The molecule has 4 nitrogen and oxygen atoms in total. The van der Waals surface area contributed by atoms with Gasteiger partial charge in [0.25, 0.3) is 0 Å². The Bertz CT molecular complexity index is 369. The molecular weight excluding hydrogens is 240 g/mol. The van der Waals surface area contributed by atoms with Crippen molar-refractivity contribution >= 4 is 0 Å². The molecule has 1 rings (SSSR count). The van der Waals surface area contributed by atoms with Crippen molar-refractivity contribution in [1.29, 1.82) is 0 Å². The fourth-order valence-corrected chi connectivity index (χ4v) is 2.07. The third-order valence-corrected chi connectivity index (χ3v) is 3.13. The molecule has 108 valence electrons. The monoisotopic (exact) mass is 266 g/mol. The van der Waals surface area contributed by atoms with Gasteiger partial charge in [-0.25, -0.2) is 0 Å². The first kappa shape index (κ1) is 15.8. The molecular formula is C15H26N2O2. The first-order valence-corrected chi connectivity index (χ1v) is 6.88.